The van der Waals surface area contributed by atoms with E-state index < -0.39 is 11.6 Å². The van der Waals surface area contributed by atoms with Gasteiger partial charge in [-0.15, -0.1) is 0 Å². The first-order chi connectivity index (χ1) is 10.4. The summed E-state index contributed by atoms with van der Waals surface area (Å²) in [7, 11) is 3.46. The van der Waals surface area contributed by atoms with E-state index in [1.807, 2.05) is 44.2 Å². The standard InChI is InChI=1S/C17H25N3O2/c1-5-17(12(2)14(18)15(21)20(17)4)16(22)19(3)11-13-9-7-6-8-10-13/h6-10,12,14H,5,11,18H2,1-4H3/t12?,14-,17?/m0/s1. The van der Waals surface area contributed by atoms with Crippen molar-refractivity contribution in [2.24, 2.45) is 11.7 Å². The third-order valence-electron chi connectivity index (χ3n) is 5.02. The lowest BCUT2D eigenvalue weighted by molar-refractivity contribution is -0.148. The Morgan fingerprint density at radius 3 is 2.41 bits per heavy atom. The minimum Gasteiger partial charge on any atom is -0.339 e. The molecule has 0 saturated carbocycles. The molecule has 5 heteroatoms. The summed E-state index contributed by atoms with van der Waals surface area (Å²) in [6.07, 6.45) is 0.558. The van der Waals surface area contributed by atoms with Gasteiger partial charge in [0.1, 0.15) is 5.54 Å². The molecule has 0 aliphatic carbocycles. The first-order valence-electron chi connectivity index (χ1n) is 7.69. The van der Waals surface area contributed by atoms with E-state index in [-0.39, 0.29) is 17.7 Å². The number of nitrogens with two attached hydrogens (primary N) is 1. The Balaban J connectivity index is 2.27. The molecule has 0 aromatic heterocycles. The van der Waals surface area contributed by atoms with Crippen molar-refractivity contribution in [3.63, 3.8) is 0 Å². The topological polar surface area (TPSA) is 66.6 Å². The summed E-state index contributed by atoms with van der Waals surface area (Å²) in [4.78, 5) is 28.5. The van der Waals surface area contributed by atoms with Crippen LogP contribution in [-0.4, -0.2) is 47.3 Å². The van der Waals surface area contributed by atoms with Crippen molar-refractivity contribution in [2.45, 2.75) is 38.4 Å². The van der Waals surface area contributed by atoms with Crippen LogP contribution in [0, 0.1) is 5.92 Å². The average Bonchev–Trinajstić information content (AvgIpc) is 2.69. The van der Waals surface area contributed by atoms with E-state index in [0.29, 0.717) is 13.0 Å². The van der Waals surface area contributed by atoms with E-state index in [1.54, 1.807) is 23.9 Å². The third kappa shape index (κ3) is 2.39. The zero-order valence-corrected chi connectivity index (χ0v) is 13.7. The molecule has 1 saturated heterocycles. The number of carbonyl (C=O) groups is 2. The number of amides is 2. The van der Waals surface area contributed by atoms with E-state index in [4.69, 9.17) is 5.73 Å². The first kappa shape index (κ1) is 16.5. The molecule has 0 spiro atoms. The van der Waals surface area contributed by atoms with Gasteiger partial charge in [0, 0.05) is 26.6 Å². The van der Waals surface area contributed by atoms with Gasteiger partial charge >= 0.3 is 0 Å². The SMILES string of the molecule is CCC1(C(=O)N(C)Cc2ccccc2)C(C)[C@H](N)C(=O)N1C. The molecular formula is C17H25N3O2. The van der Waals surface area contributed by atoms with Gasteiger partial charge in [-0.3, -0.25) is 9.59 Å². The molecule has 1 heterocycles. The molecule has 1 aromatic carbocycles. The Hall–Kier alpha value is -1.88. The zero-order chi connectivity index (χ0) is 16.5. The highest BCUT2D eigenvalue weighted by Gasteiger charge is 2.57. The second-order valence-electron chi connectivity index (χ2n) is 6.14. The van der Waals surface area contributed by atoms with Crippen LogP contribution in [0.25, 0.3) is 0 Å². The third-order valence-corrected chi connectivity index (χ3v) is 5.02. The molecule has 1 aliphatic heterocycles. The fraction of sp³-hybridized carbons (Fsp3) is 0.529. The van der Waals surface area contributed by atoms with Gasteiger partial charge in [-0.1, -0.05) is 44.2 Å². The predicted molar refractivity (Wildman–Crippen MR) is 85.8 cm³/mol. The van der Waals surface area contributed by atoms with Crippen LogP contribution in [0.4, 0.5) is 0 Å². The number of likely N-dealkylation sites (N-methyl/N-ethyl adjacent to an activating group) is 2. The molecule has 2 N–H and O–H groups in total. The van der Waals surface area contributed by atoms with Gasteiger partial charge in [0.25, 0.3) is 0 Å². The normalized spacial score (nSPS) is 28.0. The van der Waals surface area contributed by atoms with Crippen LogP contribution in [0.3, 0.4) is 0 Å². The van der Waals surface area contributed by atoms with Gasteiger partial charge in [-0.05, 0) is 12.0 Å². The summed E-state index contributed by atoms with van der Waals surface area (Å²) < 4.78 is 0. The maximum atomic E-state index is 13.1. The predicted octanol–water partition coefficient (Wildman–Crippen LogP) is 1.23. The second kappa shape index (κ2) is 6.08. The largest absolute Gasteiger partial charge is 0.339 e. The Morgan fingerprint density at radius 2 is 1.95 bits per heavy atom. The molecule has 22 heavy (non-hydrogen) atoms. The van der Waals surface area contributed by atoms with Gasteiger partial charge in [0.2, 0.25) is 11.8 Å². The first-order valence-corrected chi connectivity index (χ1v) is 7.69. The van der Waals surface area contributed by atoms with E-state index in [9.17, 15) is 9.59 Å². The minimum atomic E-state index is -0.847. The number of hydrogen-bond acceptors (Lipinski definition) is 3. The van der Waals surface area contributed by atoms with Gasteiger partial charge in [-0.25, -0.2) is 0 Å². The Labute approximate surface area is 132 Å². The van der Waals surface area contributed by atoms with Gasteiger partial charge in [-0.2, -0.15) is 0 Å². The summed E-state index contributed by atoms with van der Waals surface area (Å²) in [5.74, 6) is -0.410. The molecule has 2 amide bonds. The van der Waals surface area contributed by atoms with Gasteiger partial charge in [0.05, 0.1) is 6.04 Å². The second-order valence-corrected chi connectivity index (χ2v) is 6.14. The van der Waals surface area contributed by atoms with Crippen molar-refractivity contribution in [2.75, 3.05) is 14.1 Å². The lowest BCUT2D eigenvalue weighted by Gasteiger charge is -2.40. The number of nitrogens with zero attached hydrogens (tertiary/aromatic N) is 2. The Bertz CT molecular complexity index is 560. The molecule has 5 nitrogen and oxygen atoms in total. The highest BCUT2D eigenvalue weighted by molar-refractivity contribution is 5.97. The Morgan fingerprint density at radius 1 is 1.36 bits per heavy atom. The molecule has 0 bridgehead atoms. The number of hydrogen-bond donors (Lipinski definition) is 1. The molecule has 3 atom stereocenters. The lowest BCUT2D eigenvalue weighted by Crippen LogP contribution is -2.57. The fourth-order valence-corrected chi connectivity index (χ4v) is 3.54. The van der Waals surface area contributed by atoms with Crippen molar-refractivity contribution in [1.82, 2.24) is 9.80 Å². The molecule has 1 fully saturated rings. The van der Waals surface area contributed by atoms with E-state index >= 15 is 0 Å². The van der Waals surface area contributed by atoms with E-state index in [2.05, 4.69) is 0 Å². The highest BCUT2D eigenvalue weighted by atomic mass is 16.2. The Kier molecular flexibility index (Phi) is 4.56. The number of carbonyl (C=O) groups excluding carboxylic acids is 2. The summed E-state index contributed by atoms with van der Waals surface area (Å²) in [6.45, 7) is 4.35. The molecular weight excluding hydrogens is 278 g/mol. The molecule has 120 valence electrons. The highest BCUT2D eigenvalue weighted by Crippen LogP contribution is 2.38. The molecule has 2 unspecified atom stereocenters. The lowest BCUT2D eigenvalue weighted by atomic mass is 9.80. The van der Waals surface area contributed by atoms with Crippen molar-refractivity contribution in [3.05, 3.63) is 35.9 Å². The number of likely N-dealkylation sites (tertiary alicyclic amines) is 1. The van der Waals surface area contributed by atoms with Crippen LogP contribution in [-0.2, 0) is 16.1 Å². The summed E-state index contributed by atoms with van der Waals surface area (Å²) in [5, 5.41) is 0. The zero-order valence-electron chi connectivity index (χ0n) is 13.7. The van der Waals surface area contributed by atoms with Gasteiger partial charge in [0.15, 0.2) is 0 Å². The maximum absolute atomic E-state index is 13.1. The summed E-state index contributed by atoms with van der Waals surface area (Å²) in [5.41, 5.74) is 6.21. The van der Waals surface area contributed by atoms with E-state index in [0.717, 1.165) is 5.56 Å². The van der Waals surface area contributed by atoms with Crippen molar-refractivity contribution in [1.29, 1.82) is 0 Å². The van der Waals surface area contributed by atoms with Crippen molar-refractivity contribution in [3.8, 4) is 0 Å². The van der Waals surface area contributed by atoms with Crippen LogP contribution in [0.15, 0.2) is 30.3 Å². The van der Waals surface area contributed by atoms with Crippen LogP contribution in [0.1, 0.15) is 25.8 Å². The smallest absolute Gasteiger partial charge is 0.248 e. The maximum Gasteiger partial charge on any atom is 0.248 e. The fourth-order valence-electron chi connectivity index (χ4n) is 3.54. The van der Waals surface area contributed by atoms with Crippen LogP contribution < -0.4 is 5.73 Å². The number of benzene rings is 1. The monoisotopic (exact) mass is 303 g/mol. The quantitative estimate of drug-likeness (QED) is 0.910. The van der Waals surface area contributed by atoms with E-state index in [1.165, 1.54) is 0 Å². The van der Waals surface area contributed by atoms with Crippen molar-refractivity contribution >= 4 is 11.8 Å². The van der Waals surface area contributed by atoms with Crippen LogP contribution >= 0.6 is 0 Å². The van der Waals surface area contributed by atoms with Gasteiger partial charge < -0.3 is 15.5 Å². The van der Waals surface area contributed by atoms with Crippen molar-refractivity contribution < 1.29 is 9.59 Å². The minimum absolute atomic E-state index is 0.0462. The molecule has 1 aromatic rings. The number of rotatable bonds is 4. The van der Waals surface area contributed by atoms with Crippen LogP contribution in [0.5, 0.6) is 0 Å². The molecule has 0 radical (unpaired) electrons. The molecule has 2 rings (SSSR count). The van der Waals surface area contributed by atoms with Crippen LogP contribution in [0.2, 0.25) is 0 Å². The molecule has 1 aliphatic rings. The summed E-state index contributed by atoms with van der Waals surface area (Å²) in [6, 6.07) is 9.21. The average molecular weight is 303 g/mol. The summed E-state index contributed by atoms with van der Waals surface area (Å²) >= 11 is 0.